The SMILES string of the molecule is Cn1c(=O)n(Cc2ccccc2C#N)c(=O)c2c1nc(N1CCNCC1)n2-c1ccccc1Cl.O=C(O)C(F)(F)F. The number of hydrogen-bond acceptors (Lipinski definition) is 7. The number of carboxylic acid groups (broad SMARTS) is 1. The number of nitriles is 1. The summed E-state index contributed by atoms with van der Waals surface area (Å²) >= 11 is 6.57. The van der Waals surface area contributed by atoms with Crippen LogP contribution in [0.5, 0.6) is 0 Å². The highest BCUT2D eigenvalue weighted by atomic mass is 35.5. The van der Waals surface area contributed by atoms with E-state index in [1.54, 1.807) is 41.9 Å². The van der Waals surface area contributed by atoms with Crippen LogP contribution in [0.2, 0.25) is 5.02 Å². The number of hydrogen-bond donors (Lipinski definition) is 2. The highest BCUT2D eigenvalue weighted by molar-refractivity contribution is 6.32. The lowest BCUT2D eigenvalue weighted by molar-refractivity contribution is -0.192. The molecule has 1 fully saturated rings. The van der Waals surface area contributed by atoms with E-state index in [9.17, 15) is 28.0 Å². The Bertz CT molecular complexity index is 1770. The van der Waals surface area contributed by atoms with Gasteiger partial charge in [0, 0.05) is 33.2 Å². The summed E-state index contributed by atoms with van der Waals surface area (Å²) < 4.78 is 36.0. The van der Waals surface area contributed by atoms with Crippen LogP contribution in [0.4, 0.5) is 19.1 Å². The van der Waals surface area contributed by atoms with Crippen molar-refractivity contribution in [3.63, 3.8) is 0 Å². The number of alkyl halides is 3. The van der Waals surface area contributed by atoms with Crippen LogP contribution in [-0.2, 0) is 18.4 Å². The molecule has 0 saturated carbocycles. The van der Waals surface area contributed by atoms with Gasteiger partial charge in [0.2, 0.25) is 5.95 Å². The van der Waals surface area contributed by atoms with Crippen molar-refractivity contribution in [2.75, 3.05) is 31.1 Å². The monoisotopic (exact) mass is 589 g/mol. The Morgan fingerprint density at radius 2 is 1.73 bits per heavy atom. The van der Waals surface area contributed by atoms with Gasteiger partial charge in [-0.3, -0.25) is 18.5 Å². The van der Waals surface area contributed by atoms with Crippen LogP contribution in [0.15, 0.2) is 58.1 Å². The number of piperazine rings is 1. The summed E-state index contributed by atoms with van der Waals surface area (Å²) in [5, 5.41) is 20.4. The number of imidazole rings is 1. The summed E-state index contributed by atoms with van der Waals surface area (Å²) in [6.45, 7) is 2.93. The van der Waals surface area contributed by atoms with E-state index >= 15 is 0 Å². The molecule has 11 nitrogen and oxygen atoms in total. The van der Waals surface area contributed by atoms with Crippen molar-refractivity contribution in [3.05, 3.63) is 85.5 Å². The van der Waals surface area contributed by atoms with Gasteiger partial charge in [-0.25, -0.2) is 9.59 Å². The van der Waals surface area contributed by atoms with Gasteiger partial charge in [0.05, 0.1) is 28.9 Å². The second-order valence-corrected chi connectivity index (χ2v) is 9.32. The number of halogens is 4. The number of nitrogens with zero attached hydrogens (tertiary/aromatic N) is 6. The Morgan fingerprint density at radius 1 is 1.12 bits per heavy atom. The van der Waals surface area contributed by atoms with Crippen LogP contribution in [0, 0.1) is 11.3 Å². The number of rotatable bonds is 4. The summed E-state index contributed by atoms with van der Waals surface area (Å²) in [5.74, 6) is -2.20. The number of aromatic nitrogens is 4. The maximum Gasteiger partial charge on any atom is 0.490 e. The largest absolute Gasteiger partial charge is 0.490 e. The fourth-order valence-electron chi connectivity index (χ4n) is 4.32. The summed E-state index contributed by atoms with van der Waals surface area (Å²) in [6, 6.07) is 16.3. The predicted octanol–water partition coefficient (Wildman–Crippen LogP) is 2.50. The minimum absolute atomic E-state index is 0.0259. The van der Waals surface area contributed by atoms with Crippen LogP contribution < -0.4 is 21.5 Å². The van der Waals surface area contributed by atoms with Crippen molar-refractivity contribution in [3.8, 4) is 11.8 Å². The molecule has 41 heavy (non-hydrogen) atoms. The summed E-state index contributed by atoms with van der Waals surface area (Å²) in [6.07, 6.45) is -5.08. The summed E-state index contributed by atoms with van der Waals surface area (Å²) in [7, 11) is 1.60. The van der Waals surface area contributed by atoms with Crippen molar-refractivity contribution < 1.29 is 23.1 Å². The molecule has 0 bridgehead atoms. The van der Waals surface area contributed by atoms with Crippen LogP contribution in [0.25, 0.3) is 16.9 Å². The zero-order valence-corrected chi connectivity index (χ0v) is 22.3. The molecule has 0 unspecified atom stereocenters. The highest BCUT2D eigenvalue weighted by Crippen LogP contribution is 2.29. The lowest BCUT2D eigenvalue weighted by atomic mass is 10.1. The third kappa shape index (κ3) is 5.96. The first-order chi connectivity index (χ1) is 19.5. The molecule has 0 atom stereocenters. The standard InChI is InChI=1S/C24H22ClN7O2.C2HF3O2/c1-29-21-20(22(33)31(24(29)34)15-17-7-3-2-6-16(17)14-26)32(19-9-5-4-8-18(19)25)23(28-21)30-12-10-27-11-13-30;3-2(4,5)1(6)7/h2-9,27H,10-13,15H2,1H3;(H,6,7). The fraction of sp³-hybridized carbons (Fsp3) is 0.269. The van der Waals surface area contributed by atoms with E-state index in [2.05, 4.69) is 16.3 Å². The second-order valence-electron chi connectivity index (χ2n) is 8.91. The van der Waals surface area contributed by atoms with Gasteiger partial charge >= 0.3 is 17.8 Å². The Labute approximate surface area is 235 Å². The van der Waals surface area contributed by atoms with Crippen LogP contribution in [-0.4, -0.2) is 62.1 Å². The lowest BCUT2D eigenvalue weighted by Crippen LogP contribution is -2.44. The minimum Gasteiger partial charge on any atom is -0.475 e. The van der Waals surface area contributed by atoms with E-state index in [0.29, 0.717) is 40.9 Å². The van der Waals surface area contributed by atoms with Gasteiger partial charge in [-0.2, -0.15) is 23.4 Å². The Balaban J connectivity index is 0.000000493. The van der Waals surface area contributed by atoms with Crippen LogP contribution in [0.3, 0.4) is 0 Å². The van der Waals surface area contributed by atoms with Crippen molar-refractivity contribution in [2.45, 2.75) is 12.7 Å². The van der Waals surface area contributed by atoms with Gasteiger partial charge in [-0.15, -0.1) is 0 Å². The van der Waals surface area contributed by atoms with Gasteiger partial charge in [0.1, 0.15) is 0 Å². The molecule has 1 aliphatic rings. The Hall–Kier alpha value is -4.61. The van der Waals surface area contributed by atoms with Gasteiger partial charge in [0.25, 0.3) is 5.56 Å². The molecule has 5 rings (SSSR count). The van der Waals surface area contributed by atoms with Gasteiger partial charge in [-0.05, 0) is 23.8 Å². The van der Waals surface area contributed by atoms with E-state index in [1.165, 1.54) is 4.57 Å². The first kappa shape index (κ1) is 29.4. The first-order valence-corrected chi connectivity index (χ1v) is 12.5. The molecule has 0 aliphatic carbocycles. The molecule has 2 N–H and O–H groups in total. The molecule has 214 valence electrons. The number of fused-ring (bicyclic) bond motifs is 1. The normalized spacial score (nSPS) is 13.4. The molecule has 3 heterocycles. The molecule has 2 aromatic carbocycles. The predicted molar refractivity (Wildman–Crippen MR) is 145 cm³/mol. The van der Waals surface area contributed by atoms with Crippen molar-refractivity contribution in [2.24, 2.45) is 7.05 Å². The third-order valence-corrected chi connectivity index (χ3v) is 6.65. The molecular weight excluding hydrogens is 567 g/mol. The molecule has 15 heteroatoms. The smallest absolute Gasteiger partial charge is 0.475 e. The Kier molecular flexibility index (Phi) is 8.50. The maximum absolute atomic E-state index is 13.8. The highest BCUT2D eigenvalue weighted by Gasteiger charge is 2.38. The molecule has 0 spiro atoms. The van der Waals surface area contributed by atoms with E-state index < -0.39 is 23.4 Å². The average Bonchev–Trinajstić information content (AvgIpc) is 3.36. The van der Waals surface area contributed by atoms with Crippen LogP contribution >= 0.6 is 11.6 Å². The van der Waals surface area contributed by atoms with Crippen molar-refractivity contribution in [1.82, 2.24) is 24.0 Å². The topological polar surface area (TPSA) is 138 Å². The molecule has 2 aromatic heterocycles. The van der Waals surface area contributed by atoms with E-state index in [0.717, 1.165) is 17.7 Å². The van der Waals surface area contributed by atoms with Crippen molar-refractivity contribution >= 4 is 34.7 Å². The van der Waals surface area contributed by atoms with E-state index in [4.69, 9.17) is 26.5 Å². The molecule has 0 radical (unpaired) electrons. The van der Waals surface area contributed by atoms with Gasteiger partial charge in [0.15, 0.2) is 11.2 Å². The van der Waals surface area contributed by atoms with Gasteiger partial charge < -0.3 is 15.3 Å². The Morgan fingerprint density at radius 3 is 2.34 bits per heavy atom. The number of nitrogens with one attached hydrogen (secondary N) is 1. The lowest BCUT2D eigenvalue weighted by Gasteiger charge is -2.28. The molecule has 0 amide bonds. The summed E-state index contributed by atoms with van der Waals surface area (Å²) in [4.78, 5) is 42.8. The van der Waals surface area contributed by atoms with E-state index in [-0.39, 0.29) is 17.7 Å². The number of anilines is 1. The van der Waals surface area contributed by atoms with Crippen LogP contribution in [0.1, 0.15) is 11.1 Å². The summed E-state index contributed by atoms with van der Waals surface area (Å²) in [5.41, 5.74) is 1.18. The number of benzene rings is 2. The molecule has 1 saturated heterocycles. The second kappa shape index (κ2) is 11.9. The zero-order valence-electron chi connectivity index (χ0n) is 21.5. The van der Waals surface area contributed by atoms with E-state index in [1.807, 2.05) is 18.2 Å². The third-order valence-electron chi connectivity index (χ3n) is 6.33. The van der Waals surface area contributed by atoms with Gasteiger partial charge in [-0.1, -0.05) is 41.9 Å². The quantitative estimate of drug-likeness (QED) is 0.370. The number of carboxylic acids is 1. The minimum atomic E-state index is -5.08. The average molecular weight is 590 g/mol. The maximum atomic E-state index is 13.8. The first-order valence-electron chi connectivity index (χ1n) is 12.2. The molecular formula is C26H23ClF3N7O4. The molecule has 4 aromatic rings. The van der Waals surface area contributed by atoms with Crippen molar-refractivity contribution in [1.29, 1.82) is 5.26 Å². The number of carbonyl (C=O) groups is 1. The zero-order chi connectivity index (χ0) is 29.9. The molecule has 1 aliphatic heterocycles. The fourth-order valence-corrected chi connectivity index (χ4v) is 4.54. The number of aryl methyl sites for hydroxylation is 1. The number of aliphatic carboxylic acids is 1. The number of para-hydroxylation sites is 1.